The third kappa shape index (κ3) is 4.96. The summed E-state index contributed by atoms with van der Waals surface area (Å²) < 4.78 is 68.9. The van der Waals surface area contributed by atoms with Gasteiger partial charge in [0.15, 0.2) is 0 Å². The lowest BCUT2D eigenvalue weighted by Gasteiger charge is -2.37. The number of hydrogen-bond donors (Lipinski definition) is 1. The second-order valence-corrected chi connectivity index (χ2v) is 10.4. The van der Waals surface area contributed by atoms with Crippen LogP contribution in [-0.2, 0) is 21.7 Å². The van der Waals surface area contributed by atoms with Crippen molar-refractivity contribution in [2.45, 2.75) is 43.0 Å². The Bertz CT molecular complexity index is 1080. The number of alkyl halides is 3. The molecule has 8 nitrogen and oxygen atoms in total. The van der Waals surface area contributed by atoms with Gasteiger partial charge < -0.3 is 5.32 Å². The van der Waals surface area contributed by atoms with Crippen LogP contribution in [0.3, 0.4) is 0 Å². The van der Waals surface area contributed by atoms with E-state index in [1.807, 2.05) is 0 Å². The molecule has 1 aliphatic heterocycles. The Morgan fingerprint density at radius 1 is 1.34 bits per heavy atom. The fourth-order valence-electron chi connectivity index (χ4n) is 3.91. The first-order chi connectivity index (χ1) is 14.9. The average molecular weight is 474 g/mol. The van der Waals surface area contributed by atoms with Crippen molar-refractivity contribution < 1.29 is 26.4 Å². The zero-order valence-corrected chi connectivity index (χ0v) is 18.9. The normalized spacial score (nSPS) is 18.0. The van der Waals surface area contributed by atoms with Crippen LogP contribution in [0.5, 0.6) is 0 Å². The highest BCUT2D eigenvalue weighted by atomic mass is 32.2. The summed E-state index contributed by atoms with van der Waals surface area (Å²) in [5, 5.41) is 3.50. The van der Waals surface area contributed by atoms with Gasteiger partial charge in [0.2, 0.25) is 20.7 Å². The molecule has 1 saturated heterocycles. The Hall–Kier alpha value is -2.47. The second-order valence-electron chi connectivity index (χ2n) is 8.13. The number of anilines is 1. The molecule has 176 valence electrons. The number of aryl methyl sites for hydroxylation is 2. The summed E-state index contributed by atoms with van der Waals surface area (Å²) in [6, 6.07) is 3.40. The van der Waals surface area contributed by atoms with E-state index < -0.39 is 37.8 Å². The Balaban J connectivity index is 1.64. The van der Waals surface area contributed by atoms with Crippen LogP contribution in [-0.4, -0.2) is 58.6 Å². The first-order valence-corrected chi connectivity index (χ1v) is 11.6. The van der Waals surface area contributed by atoms with Gasteiger partial charge in [-0.25, -0.2) is 21.6 Å². The van der Waals surface area contributed by atoms with Crippen molar-refractivity contribution in [2.24, 2.45) is 13.0 Å². The zero-order chi connectivity index (χ0) is 23.7. The van der Waals surface area contributed by atoms with Crippen LogP contribution in [0, 0.1) is 12.8 Å². The highest BCUT2D eigenvalue weighted by molar-refractivity contribution is 7.92. The van der Waals surface area contributed by atoms with E-state index in [9.17, 15) is 22.0 Å². The minimum absolute atomic E-state index is 0.0714. The Kier molecular flexibility index (Phi) is 6.94. The van der Waals surface area contributed by atoms with E-state index in [1.54, 1.807) is 30.2 Å². The lowest BCUT2D eigenvalue weighted by atomic mass is 9.92. The number of aromatic nitrogens is 3. The highest BCUT2D eigenvalue weighted by Gasteiger charge is 2.50. The molecule has 2 aromatic heterocycles. The molecule has 0 aliphatic carbocycles. The number of hydrogen-bond acceptors (Lipinski definition) is 6. The van der Waals surface area contributed by atoms with Gasteiger partial charge in [0, 0.05) is 36.7 Å². The van der Waals surface area contributed by atoms with Crippen LogP contribution < -0.4 is 5.32 Å². The van der Waals surface area contributed by atoms with Crippen LogP contribution in [0.15, 0.2) is 29.4 Å². The number of nitrogens with zero attached hydrogens (tertiary/aromatic N) is 4. The zero-order valence-electron chi connectivity index (χ0n) is 18.1. The molecule has 0 spiro atoms. The SMILES string of the molecule is Cc1cc(NC(=O)CN2CCC([C@@](C)(F)S(=O)(=O)c3cn(C)nc3C(F)F)CC2)ccn1. The Morgan fingerprint density at radius 2 is 2.00 bits per heavy atom. The van der Waals surface area contributed by atoms with E-state index in [0.29, 0.717) is 18.8 Å². The van der Waals surface area contributed by atoms with E-state index in [0.717, 1.165) is 23.5 Å². The molecule has 32 heavy (non-hydrogen) atoms. The highest BCUT2D eigenvalue weighted by Crippen LogP contribution is 2.41. The molecule has 1 amide bonds. The number of carbonyl (C=O) groups is 1. The van der Waals surface area contributed by atoms with Crippen LogP contribution in [0.2, 0.25) is 0 Å². The maximum Gasteiger partial charge on any atom is 0.283 e. The number of halogens is 3. The number of amides is 1. The van der Waals surface area contributed by atoms with E-state index in [-0.39, 0.29) is 25.3 Å². The summed E-state index contributed by atoms with van der Waals surface area (Å²) in [6.45, 7) is 3.40. The molecule has 0 saturated carbocycles. The fourth-order valence-corrected chi connectivity index (χ4v) is 5.71. The van der Waals surface area contributed by atoms with Crippen LogP contribution in [0.1, 0.15) is 37.6 Å². The molecular formula is C20H26F3N5O3S. The molecule has 1 N–H and O–H groups in total. The smallest absolute Gasteiger partial charge is 0.283 e. The van der Waals surface area contributed by atoms with Crippen LogP contribution in [0.4, 0.5) is 18.9 Å². The summed E-state index contributed by atoms with van der Waals surface area (Å²) >= 11 is 0. The van der Waals surface area contributed by atoms with Gasteiger partial charge in [0.25, 0.3) is 6.43 Å². The van der Waals surface area contributed by atoms with Crippen molar-refractivity contribution in [1.29, 1.82) is 0 Å². The first kappa shape index (κ1) is 24.2. The van der Waals surface area contributed by atoms with Crippen molar-refractivity contribution >= 4 is 21.4 Å². The number of carbonyl (C=O) groups excluding carboxylic acids is 1. The molecule has 1 fully saturated rings. The van der Waals surface area contributed by atoms with E-state index in [4.69, 9.17) is 0 Å². The van der Waals surface area contributed by atoms with E-state index in [1.165, 1.54) is 7.05 Å². The molecule has 1 aliphatic rings. The molecule has 0 unspecified atom stereocenters. The predicted molar refractivity (Wildman–Crippen MR) is 112 cm³/mol. The fraction of sp³-hybridized carbons (Fsp3) is 0.550. The summed E-state index contributed by atoms with van der Waals surface area (Å²) in [5.41, 5.74) is 0.429. The predicted octanol–water partition coefficient (Wildman–Crippen LogP) is 2.87. The molecular weight excluding hydrogens is 447 g/mol. The maximum absolute atomic E-state index is 15.6. The molecule has 2 aromatic rings. The van der Waals surface area contributed by atoms with Crippen molar-refractivity contribution in [1.82, 2.24) is 19.7 Å². The Morgan fingerprint density at radius 3 is 2.59 bits per heavy atom. The van der Waals surface area contributed by atoms with Crippen LogP contribution in [0.25, 0.3) is 0 Å². The third-order valence-electron chi connectivity index (χ3n) is 5.71. The van der Waals surface area contributed by atoms with Gasteiger partial charge >= 0.3 is 0 Å². The molecule has 0 aromatic carbocycles. The van der Waals surface area contributed by atoms with Gasteiger partial charge in [-0.05, 0) is 51.9 Å². The molecule has 1 atom stereocenters. The second kappa shape index (κ2) is 9.18. The van der Waals surface area contributed by atoms with Gasteiger partial charge in [0.1, 0.15) is 10.6 Å². The van der Waals surface area contributed by atoms with Gasteiger partial charge in [-0.1, -0.05) is 0 Å². The quantitative estimate of drug-likeness (QED) is 0.664. The van der Waals surface area contributed by atoms with Crippen LogP contribution >= 0.6 is 0 Å². The standard InChI is InChI=1S/C20H26F3N5O3S/c1-13-10-15(4-7-24-13)25-17(29)12-28-8-5-14(6-9-28)20(2,23)32(30,31)16-11-27(3)26-18(16)19(21)22/h4,7,10-11,14,19H,5-6,8-9,12H2,1-3H3,(H,24,25,29)/t20-/m0/s1. The summed E-state index contributed by atoms with van der Waals surface area (Å²) in [7, 11) is -3.41. The van der Waals surface area contributed by atoms with Gasteiger partial charge in [0.05, 0.1) is 6.54 Å². The number of likely N-dealkylation sites (tertiary alicyclic amines) is 1. The number of pyridine rings is 1. The van der Waals surface area contributed by atoms with Crippen molar-refractivity contribution in [3.8, 4) is 0 Å². The first-order valence-electron chi connectivity index (χ1n) is 10.1. The molecule has 12 heteroatoms. The lowest BCUT2D eigenvalue weighted by Crippen LogP contribution is -2.47. The van der Waals surface area contributed by atoms with Gasteiger partial charge in [-0.15, -0.1) is 0 Å². The van der Waals surface area contributed by atoms with Crippen molar-refractivity contribution in [2.75, 3.05) is 25.0 Å². The van der Waals surface area contributed by atoms with E-state index in [2.05, 4.69) is 15.4 Å². The number of sulfone groups is 1. The largest absolute Gasteiger partial charge is 0.325 e. The summed E-state index contributed by atoms with van der Waals surface area (Å²) in [4.78, 5) is 17.4. The molecule has 3 rings (SSSR count). The average Bonchev–Trinajstić information content (AvgIpc) is 3.11. The van der Waals surface area contributed by atoms with Crippen molar-refractivity contribution in [3.05, 3.63) is 35.9 Å². The molecule has 3 heterocycles. The minimum atomic E-state index is -4.71. The van der Waals surface area contributed by atoms with E-state index >= 15 is 4.39 Å². The Labute approximate surface area is 184 Å². The van der Waals surface area contributed by atoms with Gasteiger partial charge in [-0.3, -0.25) is 19.4 Å². The lowest BCUT2D eigenvalue weighted by molar-refractivity contribution is -0.117. The minimum Gasteiger partial charge on any atom is -0.325 e. The summed E-state index contributed by atoms with van der Waals surface area (Å²) in [5.74, 6) is -1.15. The molecule has 0 bridgehead atoms. The molecule has 0 radical (unpaired) electrons. The summed E-state index contributed by atoms with van der Waals surface area (Å²) in [6.07, 6.45) is -0.312. The number of nitrogens with one attached hydrogen (secondary N) is 1. The van der Waals surface area contributed by atoms with Crippen molar-refractivity contribution in [3.63, 3.8) is 0 Å². The van der Waals surface area contributed by atoms with Gasteiger partial charge in [-0.2, -0.15) is 5.10 Å². The monoisotopic (exact) mass is 473 g/mol. The number of piperidine rings is 1. The maximum atomic E-state index is 15.6. The number of rotatable bonds is 7. The topological polar surface area (TPSA) is 97.2 Å². The third-order valence-corrected chi connectivity index (χ3v) is 7.99.